The number of hydrogen-bond acceptors (Lipinski definition) is 3. The summed E-state index contributed by atoms with van der Waals surface area (Å²) in [6.07, 6.45) is 22.6. The number of aliphatic hydroxyl groups excluding tert-OH is 1. The van der Waals surface area contributed by atoms with E-state index in [0.717, 1.165) is 25.7 Å². The number of esters is 1. The molecule has 0 fully saturated rings. The summed E-state index contributed by atoms with van der Waals surface area (Å²) in [7, 11) is 0. The first-order chi connectivity index (χ1) is 12.5. The third kappa shape index (κ3) is 17.7. The van der Waals surface area contributed by atoms with Crippen molar-refractivity contribution in [2.45, 2.75) is 97.8 Å². The molecule has 0 aliphatic carbocycles. The molecule has 0 unspecified atom stereocenters. The largest absolute Gasteiger partial charge is 0.465 e. The van der Waals surface area contributed by atoms with Gasteiger partial charge in [-0.05, 0) is 38.5 Å². The summed E-state index contributed by atoms with van der Waals surface area (Å²) >= 11 is 0. The minimum atomic E-state index is -0.339. The van der Waals surface area contributed by atoms with Crippen LogP contribution in [-0.2, 0) is 9.53 Å². The molecule has 0 saturated carbocycles. The fourth-order valence-electron chi connectivity index (χ4n) is 2.47. The average molecular weight is 367 g/mol. The van der Waals surface area contributed by atoms with Crippen molar-refractivity contribution < 1.29 is 14.6 Å². The van der Waals surface area contributed by atoms with Crippen LogP contribution in [0.4, 0.5) is 0 Å². The Balaban J connectivity index is 3.38. The van der Waals surface area contributed by atoms with Gasteiger partial charge in [-0.2, -0.15) is 0 Å². The Morgan fingerprint density at radius 1 is 0.885 bits per heavy atom. The topological polar surface area (TPSA) is 46.5 Å². The van der Waals surface area contributed by atoms with Crippen LogP contribution in [0.2, 0.25) is 0 Å². The smallest absolute Gasteiger partial charge is 0.305 e. The van der Waals surface area contributed by atoms with Crippen LogP contribution in [-0.4, -0.2) is 24.3 Å². The number of ether oxygens (including phenoxy) is 1. The molecule has 0 bridgehead atoms. The van der Waals surface area contributed by atoms with Gasteiger partial charge in [0.2, 0.25) is 0 Å². The minimum Gasteiger partial charge on any atom is -0.465 e. The van der Waals surface area contributed by atoms with E-state index >= 15 is 0 Å². The zero-order valence-electron chi connectivity index (χ0n) is 17.5. The molecule has 26 heavy (non-hydrogen) atoms. The van der Waals surface area contributed by atoms with Crippen molar-refractivity contribution in [1.82, 2.24) is 0 Å². The summed E-state index contributed by atoms with van der Waals surface area (Å²) < 4.78 is 5.20. The summed E-state index contributed by atoms with van der Waals surface area (Å²) in [6.45, 7) is 6.34. The van der Waals surface area contributed by atoms with Crippen LogP contribution in [0.15, 0.2) is 24.3 Å². The molecular formula is C23H42O3. The van der Waals surface area contributed by atoms with E-state index in [0.29, 0.717) is 13.0 Å². The minimum absolute atomic E-state index is 0.0317. The molecule has 0 radical (unpaired) electrons. The van der Waals surface area contributed by atoms with Crippen molar-refractivity contribution in [1.29, 1.82) is 0 Å². The third-order valence-corrected chi connectivity index (χ3v) is 4.38. The van der Waals surface area contributed by atoms with E-state index in [2.05, 4.69) is 31.2 Å². The summed E-state index contributed by atoms with van der Waals surface area (Å²) in [5, 5.41) is 9.12. The second-order valence-corrected chi connectivity index (χ2v) is 7.96. The van der Waals surface area contributed by atoms with Crippen molar-refractivity contribution >= 4 is 5.97 Å². The van der Waals surface area contributed by atoms with E-state index in [-0.39, 0.29) is 18.0 Å². The first-order valence-corrected chi connectivity index (χ1v) is 10.6. The lowest BCUT2D eigenvalue weighted by Gasteiger charge is -2.20. The van der Waals surface area contributed by atoms with Crippen LogP contribution < -0.4 is 0 Å². The zero-order valence-corrected chi connectivity index (χ0v) is 17.5. The molecule has 0 atom stereocenters. The lowest BCUT2D eigenvalue weighted by atomic mass is 9.96. The van der Waals surface area contributed by atoms with Crippen LogP contribution in [0.5, 0.6) is 0 Å². The van der Waals surface area contributed by atoms with Gasteiger partial charge in [0.1, 0.15) is 0 Å². The van der Waals surface area contributed by atoms with Gasteiger partial charge in [-0.1, -0.05) is 77.2 Å². The number of unbranched alkanes of at least 4 members (excludes halogenated alkanes) is 8. The molecule has 0 aliphatic rings. The fraction of sp³-hybridized carbons (Fsp3) is 0.783. The maximum Gasteiger partial charge on any atom is 0.305 e. The normalized spacial score (nSPS) is 12.3. The van der Waals surface area contributed by atoms with E-state index in [1.165, 1.54) is 44.9 Å². The number of hydrogen-bond donors (Lipinski definition) is 1. The second kappa shape index (κ2) is 17.3. The van der Waals surface area contributed by atoms with Gasteiger partial charge in [0.25, 0.3) is 0 Å². The van der Waals surface area contributed by atoms with E-state index < -0.39 is 0 Å². The van der Waals surface area contributed by atoms with Gasteiger partial charge in [0, 0.05) is 11.8 Å². The molecule has 0 amide bonds. The van der Waals surface area contributed by atoms with Crippen LogP contribution in [0, 0.1) is 5.41 Å². The zero-order chi connectivity index (χ0) is 19.5. The molecule has 0 heterocycles. The van der Waals surface area contributed by atoms with Crippen molar-refractivity contribution in [3.63, 3.8) is 0 Å². The highest BCUT2D eigenvalue weighted by molar-refractivity contribution is 5.69. The van der Waals surface area contributed by atoms with Crippen LogP contribution in [0.1, 0.15) is 97.8 Å². The predicted molar refractivity (Wildman–Crippen MR) is 111 cm³/mol. The number of carbonyl (C=O) groups excluding carboxylic acids is 1. The number of rotatable bonds is 17. The average Bonchev–Trinajstić information content (AvgIpc) is 2.63. The molecule has 0 rings (SSSR count). The maximum absolute atomic E-state index is 11.6. The van der Waals surface area contributed by atoms with Gasteiger partial charge in [0.15, 0.2) is 0 Å². The number of carbonyl (C=O) groups is 1. The van der Waals surface area contributed by atoms with Crippen molar-refractivity contribution in [2.24, 2.45) is 5.41 Å². The van der Waals surface area contributed by atoms with Crippen LogP contribution >= 0.6 is 0 Å². The lowest BCUT2D eigenvalue weighted by molar-refractivity contribution is -0.147. The second-order valence-electron chi connectivity index (χ2n) is 7.96. The quantitative estimate of drug-likeness (QED) is 0.185. The van der Waals surface area contributed by atoms with Crippen molar-refractivity contribution in [3.05, 3.63) is 24.3 Å². The van der Waals surface area contributed by atoms with Gasteiger partial charge < -0.3 is 9.84 Å². The Kier molecular flexibility index (Phi) is 16.6. The monoisotopic (exact) mass is 366 g/mol. The molecule has 0 aliphatic heterocycles. The highest BCUT2D eigenvalue weighted by Crippen LogP contribution is 2.15. The summed E-state index contributed by atoms with van der Waals surface area (Å²) in [6, 6.07) is 0. The van der Waals surface area contributed by atoms with Crippen LogP contribution in [0.3, 0.4) is 0 Å². The molecule has 0 spiro atoms. The van der Waals surface area contributed by atoms with E-state index in [1.54, 1.807) is 0 Å². The molecule has 152 valence electrons. The third-order valence-electron chi connectivity index (χ3n) is 4.38. The SMILES string of the molecule is CCCCC/C=C\C/C=C\CCCCCCCC(=O)OCC(C)(C)CO. The molecule has 3 nitrogen and oxygen atoms in total. The van der Waals surface area contributed by atoms with E-state index in [9.17, 15) is 4.79 Å². The molecule has 0 aromatic carbocycles. The summed E-state index contributed by atoms with van der Waals surface area (Å²) in [5.41, 5.74) is -0.339. The molecular weight excluding hydrogens is 324 g/mol. The standard InChI is InChI=1S/C23H42O3/c1-4-5-6-7-8-9-10-11-12-13-14-15-16-17-18-19-22(25)26-21-23(2,3)20-24/h8-9,11-12,24H,4-7,10,13-21H2,1-3H3/b9-8-,12-11-. The Labute approximate surface area is 161 Å². The number of aliphatic hydroxyl groups is 1. The Hall–Kier alpha value is -1.09. The van der Waals surface area contributed by atoms with Gasteiger partial charge in [-0.25, -0.2) is 0 Å². The lowest BCUT2D eigenvalue weighted by Crippen LogP contribution is -2.25. The Bertz CT molecular complexity index is 383. The summed E-state index contributed by atoms with van der Waals surface area (Å²) in [5.74, 6) is -0.141. The molecule has 1 N–H and O–H groups in total. The highest BCUT2D eigenvalue weighted by Gasteiger charge is 2.18. The van der Waals surface area contributed by atoms with E-state index in [4.69, 9.17) is 9.84 Å². The molecule has 0 saturated heterocycles. The van der Waals surface area contributed by atoms with Crippen LogP contribution in [0.25, 0.3) is 0 Å². The molecule has 0 aromatic heterocycles. The molecule has 3 heteroatoms. The highest BCUT2D eigenvalue weighted by atomic mass is 16.5. The van der Waals surface area contributed by atoms with Crippen molar-refractivity contribution in [2.75, 3.05) is 13.2 Å². The van der Waals surface area contributed by atoms with E-state index in [1.807, 2.05) is 13.8 Å². The van der Waals surface area contributed by atoms with Gasteiger partial charge in [0.05, 0.1) is 13.2 Å². The number of allylic oxidation sites excluding steroid dienone is 4. The maximum atomic E-state index is 11.6. The predicted octanol–water partition coefficient (Wildman–Crippen LogP) is 6.36. The van der Waals surface area contributed by atoms with Gasteiger partial charge in [-0.3, -0.25) is 4.79 Å². The fourth-order valence-corrected chi connectivity index (χ4v) is 2.47. The van der Waals surface area contributed by atoms with Gasteiger partial charge >= 0.3 is 5.97 Å². The Morgan fingerprint density at radius 2 is 1.46 bits per heavy atom. The van der Waals surface area contributed by atoms with Gasteiger partial charge in [-0.15, -0.1) is 0 Å². The first kappa shape index (κ1) is 24.9. The van der Waals surface area contributed by atoms with Crippen molar-refractivity contribution in [3.8, 4) is 0 Å². The first-order valence-electron chi connectivity index (χ1n) is 10.6. The Morgan fingerprint density at radius 3 is 2.08 bits per heavy atom. The summed E-state index contributed by atoms with van der Waals surface area (Å²) in [4.78, 5) is 11.6. The molecule has 0 aromatic rings.